The number of carboxylic acids is 1. The Balaban J connectivity index is 2.65. The van der Waals surface area contributed by atoms with Gasteiger partial charge >= 0.3 is 5.97 Å². The SMILES string of the molecule is C=CCc1ccc(OCC(=O)NC(CC)C(=O)O)c(OC)c1. The van der Waals surface area contributed by atoms with Gasteiger partial charge in [-0.2, -0.15) is 0 Å². The van der Waals surface area contributed by atoms with Crippen LogP contribution in [0.5, 0.6) is 11.5 Å². The van der Waals surface area contributed by atoms with E-state index >= 15 is 0 Å². The minimum Gasteiger partial charge on any atom is -0.493 e. The maximum atomic E-state index is 11.7. The fourth-order valence-electron chi connectivity index (χ4n) is 1.84. The molecule has 2 N–H and O–H groups in total. The van der Waals surface area contributed by atoms with E-state index in [9.17, 15) is 9.59 Å². The van der Waals surface area contributed by atoms with Gasteiger partial charge in [0.2, 0.25) is 0 Å². The second-order valence-electron chi connectivity index (χ2n) is 4.63. The lowest BCUT2D eigenvalue weighted by molar-refractivity contribution is -0.142. The molecule has 0 saturated carbocycles. The number of hydrogen-bond donors (Lipinski definition) is 2. The largest absolute Gasteiger partial charge is 0.493 e. The number of hydrogen-bond acceptors (Lipinski definition) is 4. The molecule has 0 radical (unpaired) electrons. The lowest BCUT2D eigenvalue weighted by atomic mass is 10.1. The summed E-state index contributed by atoms with van der Waals surface area (Å²) in [6, 6.07) is 4.46. The Kier molecular flexibility index (Phi) is 6.95. The van der Waals surface area contributed by atoms with E-state index in [0.29, 0.717) is 24.3 Å². The maximum absolute atomic E-state index is 11.7. The molecule has 0 aliphatic carbocycles. The third-order valence-electron chi connectivity index (χ3n) is 3.01. The summed E-state index contributed by atoms with van der Waals surface area (Å²) in [6.45, 7) is 5.08. The van der Waals surface area contributed by atoms with Gasteiger partial charge < -0.3 is 19.9 Å². The van der Waals surface area contributed by atoms with Crippen LogP contribution in [0, 0.1) is 0 Å². The monoisotopic (exact) mass is 307 g/mol. The zero-order valence-electron chi connectivity index (χ0n) is 12.8. The van der Waals surface area contributed by atoms with E-state index < -0.39 is 17.9 Å². The van der Waals surface area contributed by atoms with Crippen molar-refractivity contribution in [2.45, 2.75) is 25.8 Å². The van der Waals surface area contributed by atoms with E-state index in [-0.39, 0.29) is 6.61 Å². The summed E-state index contributed by atoms with van der Waals surface area (Å²) < 4.78 is 10.6. The summed E-state index contributed by atoms with van der Waals surface area (Å²) in [6.07, 6.45) is 2.79. The van der Waals surface area contributed by atoms with Crippen LogP contribution in [-0.2, 0) is 16.0 Å². The standard InChI is InChI=1S/C16H21NO5/c1-4-6-11-7-8-13(14(9-11)21-3)22-10-15(18)17-12(5-2)16(19)20/h4,7-9,12H,1,5-6,10H2,2-3H3,(H,17,18)(H,19,20). The Labute approximate surface area is 129 Å². The number of ether oxygens (including phenoxy) is 2. The quantitative estimate of drug-likeness (QED) is 0.679. The second kappa shape index (κ2) is 8.71. The van der Waals surface area contributed by atoms with Crippen LogP contribution in [0.15, 0.2) is 30.9 Å². The average Bonchev–Trinajstić information content (AvgIpc) is 2.51. The topological polar surface area (TPSA) is 84.9 Å². The fraction of sp³-hybridized carbons (Fsp3) is 0.375. The highest BCUT2D eigenvalue weighted by atomic mass is 16.5. The first-order chi connectivity index (χ1) is 10.5. The third kappa shape index (κ3) is 5.12. The van der Waals surface area contributed by atoms with Crippen molar-refractivity contribution in [2.24, 2.45) is 0 Å². The van der Waals surface area contributed by atoms with E-state index in [1.807, 2.05) is 6.07 Å². The van der Waals surface area contributed by atoms with Crippen LogP contribution in [0.3, 0.4) is 0 Å². The maximum Gasteiger partial charge on any atom is 0.326 e. The van der Waals surface area contributed by atoms with Gasteiger partial charge in [0.1, 0.15) is 6.04 Å². The first-order valence-electron chi connectivity index (χ1n) is 6.94. The van der Waals surface area contributed by atoms with Crippen LogP contribution in [0.1, 0.15) is 18.9 Å². The number of aliphatic carboxylic acids is 1. The number of methoxy groups -OCH3 is 1. The van der Waals surface area contributed by atoms with Crippen LogP contribution in [0.25, 0.3) is 0 Å². The summed E-state index contributed by atoms with van der Waals surface area (Å²) in [5.41, 5.74) is 1.01. The molecule has 1 aromatic carbocycles. The van der Waals surface area contributed by atoms with Crippen LogP contribution < -0.4 is 14.8 Å². The van der Waals surface area contributed by atoms with Gasteiger partial charge in [-0.15, -0.1) is 6.58 Å². The molecule has 1 rings (SSSR count). The van der Waals surface area contributed by atoms with Crippen molar-refractivity contribution < 1.29 is 24.2 Å². The Morgan fingerprint density at radius 3 is 2.68 bits per heavy atom. The van der Waals surface area contributed by atoms with Gasteiger partial charge in [0.05, 0.1) is 7.11 Å². The molecule has 0 heterocycles. The molecule has 0 saturated heterocycles. The molecule has 120 valence electrons. The van der Waals surface area contributed by atoms with Crippen LogP contribution in [0.4, 0.5) is 0 Å². The molecule has 1 unspecified atom stereocenters. The van der Waals surface area contributed by atoms with Crippen molar-refractivity contribution >= 4 is 11.9 Å². The molecular formula is C16H21NO5. The molecule has 22 heavy (non-hydrogen) atoms. The molecule has 1 atom stereocenters. The predicted octanol–water partition coefficient (Wildman–Crippen LogP) is 1.78. The highest BCUT2D eigenvalue weighted by Gasteiger charge is 2.18. The number of nitrogens with one attached hydrogen (secondary N) is 1. The highest BCUT2D eigenvalue weighted by molar-refractivity contribution is 5.84. The lowest BCUT2D eigenvalue weighted by Crippen LogP contribution is -2.42. The molecule has 0 aliphatic rings. The Hall–Kier alpha value is -2.50. The minimum atomic E-state index is -1.07. The number of allylic oxidation sites excluding steroid dienone is 1. The van der Waals surface area contributed by atoms with Crippen molar-refractivity contribution in [3.05, 3.63) is 36.4 Å². The van der Waals surface area contributed by atoms with E-state index in [1.54, 1.807) is 25.1 Å². The van der Waals surface area contributed by atoms with Crippen molar-refractivity contribution in [3.63, 3.8) is 0 Å². The Morgan fingerprint density at radius 1 is 1.41 bits per heavy atom. The van der Waals surface area contributed by atoms with Crippen molar-refractivity contribution in [1.29, 1.82) is 0 Å². The van der Waals surface area contributed by atoms with E-state index in [0.717, 1.165) is 5.56 Å². The summed E-state index contributed by atoms with van der Waals surface area (Å²) in [5.74, 6) is -0.625. The number of carbonyl (C=O) groups is 2. The summed E-state index contributed by atoms with van der Waals surface area (Å²) >= 11 is 0. The molecule has 1 aromatic rings. The zero-order chi connectivity index (χ0) is 16.5. The average molecular weight is 307 g/mol. The summed E-state index contributed by atoms with van der Waals surface area (Å²) in [4.78, 5) is 22.6. The number of carbonyl (C=O) groups excluding carboxylic acids is 1. The molecule has 1 amide bonds. The number of amides is 1. The minimum absolute atomic E-state index is 0.277. The zero-order valence-corrected chi connectivity index (χ0v) is 12.8. The third-order valence-corrected chi connectivity index (χ3v) is 3.01. The number of rotatable bonds is 9. The first kappa shape index (κ1) is 17.6. The van der Waals surface area contributed by atoms with Gasteiger partial charge in [0.25, 0.3) is 5.91 Å². The van der Waals surface area contributed by atoms with Gasteiger partial charge in [-0.3, -0.25) is 4.79 Å². The molecule has 0 spiro atoms. The molecular weight excluding hydrogens is 286 g/mol. The molecule has 0 fully saturated rings. The predicted molar refractivity (Wildman–Crippen MR) is 82.2 cm³/mol. The second-order valence-corrected chi connectivity index (χ2v) is 4.63. The van der Waals surface area contributed by atoms with E-state index in [2.05, 4.69) is 11.9 Å². The Morgan fingerprint density at radius 2 is 2.14 bits per heavy atom. The van der Waals surface area contributed by atoms with Crippen LogP contribution in [0.2, 0.25) is 0 Å². The van der Waals surface area contributed by atoms with Gasteiger partial charge in [-0.25, -0.2) is 4.79 Å². The highest BCUT2D eigenvalue weighted by Crippen LogP contribution is 2.28. The van der Waals surface area contributed by atoms with Gasteiger partial charge in [0, 0.05) is 0 Å². The summed E-state index contributed by atoms with van der Waals surface area (Å²) in [5, 5.41) is 11.3. The molecule has 0 bridgehead atoms. The molecule has 0 aromatic heterocycles. The van der Waals surface area contributed by atoms with Gasteiger partial charge in [0.15, 0.2) is 18.1 Å². The molecule has 0 aliphatic heterocycles. The van der Waals surface area contributed by atoms with E-state index in [1.165, 1.54) is 7.11 Å². The van der Waals surface area contributed by atoms with Crippen LogP contribution >= 0.6 is 0 Å². The van der Waals surface area contributed by atoms with Gasteiger partial charge in [-0.1, -0.05) is 19.1 Å². The van der Waals surface area contributed by atoms with E-state index in [4.69, 9.17) is 14.6 Å². The molecule has 6 heteroatoms. The summed E-state index contributed by atoms with van der Waals surface area (Å²) in [7, 11) is 1.51. The smallest absolute Gasteiger partial charge is 0.326 e. The molecule has 6 nitrogen and oxygen atoms in total. The van der Waals surface area contributed by atoms with Crippen LogP contribution in [-0.4, -0.2) is 36.7 Å². The van der Waals surface area contributed by atoms with Crippen molar-refractivity contribution in [2.75, 3.05) is 13.7 Å². The normalized spacial score (nSPS) is 11.4. The van der Waals surface area contributed by atoms with Crippen molar-refractivity contribution in [1.82, 2.24) is 5.32 Å². The first-order valence-corrected chi connectivity index (χ1v) is 6.94. The van der Waals surface area contributed by atoms with Crippen molar-refractivity contribution in [3.8, 4) is 11.5 Å². The number of carboxylic acid groups (broad SMARTS) is 1. The van der Waals surface area contributed by atoms with Gasteiger partial charge in [-0.05, 0) is 30.5 Å². The number of benzene rings is 1. The Bertz CT molecular complexity index is 541. The fourth-order valence-corrected chi connectivity index (χ4v) is 1.84. The lowest BCUT2D eigenvalue weighted by Gasteiger charge is -2.14.